The standard InChI is InChI=1S/C24H21N5O/c30-24(22-15-23(28-18-27-22)26-16-20-11-7-8-14-25-20)29(21-12-5-2-6-13-21)17-19-9-3-1-4-10-19/h1-15,18H,16-17H2,(H,26,27,28). The molecule has 1 amide bonds. The van der Waals surface area contributed by atoms with Gasteiger partial charge in [-0.05, 0) is 29.8 Å². The maximum Gasteiger partial charge on any atom is 0.277 e. The van der Waals surface area contributed by atoms with E-state index in [0.717, 1.165) is 16.9 Å². The first-order valence-electron chi connectivity index (χ1n) is 9.66. The molecule has 30 heavy (non-hydrogen) atoms. The van der Waals surface area contributed by atoms with Crippen LogP contribution >= 0.6 is 0 Å². The van der Waals surface area contributed by atoms with E-state index in [1.807, 2.05) is 78.9 Å². The molecule has 0 unspecified atom stereocenters. The quantitative estimate of drug-likeness (QED) is 0.504. The average Bonchev–Trinajstić information content (AvgIpc) is 2.83. The Balaban J connectivity index is 1.56. The van der Waals surface area contributed by atoms with Crippen LogP contribution in [0.15, 0.2) is 97.5 Å². The number of rotatable bonds is 7. The molecule has 6 heteroatoms. The molecule has 4 aromatic rings. The second-order valence-electron chi connectivity index (χ2n) is 6.68. The van der Waals surface area contributed by atoms with E-state index in [1.165, 1.54) is 6.33 Å². The molecule has 0 aliphatic rings. The van der Waals surface area contributed by atoms with Gasteiger partial charge in [0, 0.05) is 18.0 Å². The summed E-state index contributed by atoms with van der Waals surface area (Å²) < 4.78 is 0. The molecule has 0 saturated carbocycles. The number of para-hydroxylation sites is 1. The van der Waals surface area contributed by atoms with Crippen LogP contribution in [0.25, 0.3) is 0 Å². The first kappa shape index (κ1) is 19.3. The normalized spacial score (nSPS) is 10.4. The fraction of sp³-hybridized carbons (Fsp3) is 0.0833. The van der Waals surface area contributed by atoms with Gasteiger partial charge < -0.3 is 10.2 Å². The molecule has 0 aliphatic heterocycles. The first-order valence-corrected chi connectivity index (χ1v) is 9.66. The number of benzene rings is 2. The number of carbonyl (C=O) groups is 1. The number of aromatic nitrogens is 3. The fourth-order valence-corrected chi connectivity index (χ4v) is 3.05. The van der Waals surface area contributed by atoms with Crippen molar-refractivity contribution < 1.29 is 4.79 Å². The van der Waals surface area contributed by atoms with Gasteiger partial charge in [-0.15, -0.1) is 0 Å². The van der Waals surface area contributed by atoms with Gasteiger partial charge in [-0.2, -0.15) is 0 Å². The minimum absolute atomic E-state index is 0.187. The van der Waals surface area contributed by atoms with E-state index in [9.17, 15) is 4.79 Å². The van der Waals surface area contributed by atoms with E-state index < -0.39 is 0 Å². The summed E-state index contributed by atoms with van der Waals surface area (Å²) in [6.07, 6.45) is 3.15. The van der Waals surface area contributed by atoms with Crippen molar-refractivity contribution >= 4 is 17.4 Å². The Bertz CT molecular complexity index is 1090. The Hall–Kier alpha value is -4.06. The fourth-order valence-electron chi connectivity index (χ4n) is 3.05. The van der Waals surface area contributed by atoms with Crippen molar-refractivity contribution in [1.29, 1.82) is 0 Å². The van der Waals surface area contributed by atoms with Crippen LogP contribution in [0.1, 0.15) is 21.7 Å². The van der Waals surface area contributed by atoms with Crippen LogP contribution in [0.3, 0.4) is 0 Å². The summed E-state index contributed by atoms with van der Waals surface area (Å²) in [5.74, 6) is 0.389. The van der Waals surface area contributed by atoms with E-state index in [0.29, 0.717) is 24.6 Å². The molecule has 2 aromatic carbocycles. The van der Waals surface area contributed by atoms with Gasteiger partial charge in [-0.25, -0.2) is 9.97 Å². The Labute approximate surface area is 175 Å². The van der Waals surface area contributed by atoms with Crippen LogP contribution in [0.4, 0.5) is 11.5 Å². The van der Waals surface area contributed by atoms with Crippen molar-refractivity contribution in [2.45, 2.75) is 13.1 Å². The van der Waals surface area contributed by atoms with Gasteiger partial charge in [0.25, 0.3) is 5.91 Å². The Kier molecular flexibility index (Phi) is 6.05. The summed E-state index contributed by atoms with van der Waals surface area (Å²) in [6, 6.07) is 26.9. The number of nitrogens with zero attached hydrogens (tertiary/aromatic N) is 4. The Morgan fingerprint density at radius 1 is 0.833 bits per heavy atom. The predicted octanol–water partition coefficient (Wildman–Crippen LogP) is 4.33. The molecule has 148 valence electrons. The van der Waals surface area contributed by atoms with Gasteiger partial charge >= 0.3 is 0 Å². The zero-order valence-corrected chi connectivity index (χ0v) is 16.3. The first-order chi connectivity index (χ1) is 14.8. The summed E-state index contributed by atoms with van der Waals surface area (Å²) >= 11 is 0. The van der Waals surface area contributed by atoms with Crippen LogP contribution in [0.2, 0.25) is 0 Å². The SMILES string of the molecule is O=C(c1cc(NCc2ccccn2)ncn1)N(Cc1ccccc1)c1ccccc1. The van der Waals surface area contributed by atoms with Gasteiger partial charge in [-0.3, -0.25) is 9.78 Å². The van der Waals surface area contributed by atoms with Crippen molar-refractivity contribution in [1.82, 2.24) is 15.0 Å². The highest BCUT2D eigenvalue weighted by molar-refractivity contribution is 6.05. The largest absolute Gasteiger partial charge is 0.364 e. The van der Waals surface area contributed by atoms with E-state index in [2.05, 4.69) is 20.3 Å². The van der Waals surface area contributed by atoms with Gasteiger partial charge in [-0.1, -0.05) is 54.6 Å². The summed E-state index contributed by atoms with van der Waals surface area (Å²) in [5, 5.41) is 3.20. The number of carbonyl (C=O) groups excluding carboxylic acids is 1. The molecule has 0 spiro atoms. The van der Waals surface area contributed by atoms with E-state index in [-0.39, 0.29) is 5.91 Å². The van der Waals surface area contributed by atoms with Crippen molar-refractivity contribution in [2.24, 2.45) is 0 Å². The Morgan fingerprint density at radius 3 is 2.30 bits per heavy atom. The molecule has 2 heterocycles. The average molecular weight is 395 g/mol. The summed E-state index contributed by atoms with van der Waals surface area (Å²) in [5.41, 5.74) is 3.07. The molecule has 0 radical (unpaired) electrons. The smallest absolute Gasteiger partial charge is 0.277 e. The number of nitrogens with one attached hydrogen (secondary N) is 1. The molecule has 1 N–H and O–H groups in total. The molecule has 2 aromatic heterocycles. The lowest BCUT2D eigenvalue weighted by molar-refractivity contribution is 0.0980. The molecule has 0 saturated heterocycles. The van der Waals surface area contributed by atoms with E-state index in [1.54, 1.807) is 17.2 Å². The van der Waals surface area contributed by atoms with E-state index in [4.69, 9.17) is 0 Å². The third kappa shape index (κ3) is 4.86. The molecule has 4 rings (SSSR count). The molecule has 0 aliphatic carbocycles. The van der Waals surface area contributed by atoms with Crippen LogP contribution in [0, 0.1) is 0 Å². The number of anilines is 2. The second-order valence-corrected chi connectivity index (χ2v) is 6.68. The van der Waals surface area contributed by atoms with Crippen LogP contribution in [0.5, 0.6) is 0 Å². The van der Waals surface area contributed by atoms with Crippen molar-refractivity contribution in [2.75, 3.05) is 10.2 Å². The monoisotopic (exact) mass is 395 g/mol. The summed E-state index contributed by atoms with van der Waals surface area (Å²) in [7, 11) is 0. The van der Waals surface area contributed by atoms with Crippen molar-refractivity contribution in [3.63, 3.8) is 0 Å². The molecular weight excluding hydrogens is 374 g/mol. The zero-order chi connectivity index (χ0) is 20.6. The maximum absolute atomic E-state index is 13.4. The van der Waals surface area contributed by atoms with Gasteiger partial charge in [0.2, 0.25) is 0 Å². The Morgan fingerprint density at radius 2 is 1.57 bits per heavy atom. The third-order valence-corrected chi connectivity index (χ3v) is 4.56. The summed E-state index contributed by atoms with van der Waals surface area (Å²) in [6.45, 7) is 0.961. The van der Waals surface area contributed by atoms with Gasteiger partial charge in [0.05, 0.1) is 18.8 Å². The predicted molar refractivity (Wildman–Crippen MR) is 117 cm³/mol. The number of pyridine rings is 1. The summed E-state index contributed by atoms with van der Waals surface area (Å²) in [4.78, 5) is 27.8. The van der Waals surface area contributed by atoms with Crippen molar-refractivity contribution in [3.05, 3.63) is 114 Å². The highest BCUT2D eigenvalue weighted by atomic mass is 16.2. The van der Waals surface area contributed by atoms with Crippen LogP contribution < -0.4 is 10.2 Å². The minimum atomic E-state index is -0.187. The second kappa shape index (κ2) is 9.43. The number of amides is 1. The highest BCUT2D eigenvalue weighted by Gasteiger charge is 2.20. The van der Waals surface area contributed by atoms with Gasteiger partial charge in [0.15, 0.2) is 0 Å². The minimum Gasteiger partial charge on any atom is -0.364 e. The highest BCUT2D eigenvalue weighted by Crippen LogP contribution is 2.20. The van der Waals surface area contributed by atoms with Crippen LogP contribution in [-0.2, 0) is 13.1 Å². The maximum atomic E-state index is 13.4. The lowest BCUT2D eigenvalue weighted by Crippen LogP contribution is -2.31. The zero-order valence-electron chi connectivity index (χ0n) is 16.3. The van der Waals surface area contributed by atoms with Gasteiger partial charge in [0.1, 0.15) is 17.8 Å². The molecule has 0 fully saturated rings. The molecule has 6 nitrogen and oxygen atoms in total. The van der Waals surface area contributed by atoms with E-state index >= 15 is 0 Å². The topological polar surface area (TPSA) is 71.0 Å². The molecule has 0 bridgehead atoms. The lowest BCUT2D eigenvalue weighted by atomic mass is 10.1. The number of hydrogen-bond acceptors (Lipinski definition) is 5. The molecular formula is C24H21N5O. The number of hydrogen-bond donors (Lipinski definition) is 1. The third-order valence-electron chi connectivity index (χ3n) is 4.56. The van der Waals surface area contributed by atoms with Crippen LogP contribution in [-0.4, -0.2) is 20.9 Å². The lowest BCUT2D eigenvalue weighted by Gasteiger charge is -2.23. The molecule has 0 atom stereocenters. The van der Waals surface area contributed by atoms with Crippen molar-refractivity contribution in [3.8, 4) is 0 Å².